The Hall–Kier alpha value is -2.45. The van der Waals surface area contributed by atoms with Gasteiger partial charge >= 0.3 is 0 Å². The maximum atomic E-state index is 13.5. The summed E-state index contributed by atoms with van der Waals surface area (Å²) in [5, 5.41) is 7.67. The van der Waals surface area contributed by atoms with E-state index in [-0.39, 0.29) is 28.6 Å². The first kappa shape index (κ1) is 17.9. The van der Waals surface area contributed by atoms with Crippen molar-refractivity contribution >= 4 is 15.9 Å². The topological polar surface area (TPSA) is 98.5 Å². The summed E-state index contributed by atoms with van der Waals surface area (Å²) >= 11 is 0. The highest BCUT2D eigenvalue weighted by Crippen LogP contribution is 2.22. The molecule has 0 aliphatic carbocycles. The summed E-state index contributed by atoms with van der Waals surface area (Å²) in [5.41, 5.74) is 1.11. The Bertz CT molecular complexity index is 882. The van der Waals surface area contributed by atoms with Crippen LogP contribution < -0.4 is 15.2 Å². The summed E-state index contributed by atoms with van der Waals surface area (Å²) in [5.74, 6) is -0.719. The zero-order valence-electron chi connectivity index (χ0n) is 13.2. The van der Waals surface area contributed by atoms with Crippen LogP contribution in [0.4, 0.5) is 4.39 Å². The van der Waals surface area contributed by atoms with E-state index >= 15 is 0 Å². The first-order valence-corrected chi connectivity index (χ1v) is 8.51. The number of halogens is 1. The molecule has 0 atom stereocenters. The second-order valence-corrected chi connectivity index (χ2v) is 6.73. The van der Waals surface area contributed by atoms with Crippen LogP contribution in [0.1, 0.15) is 21.5 Å². The van der Waals surface area contributed by atoms with Crippen molar-refractivity contribution in [2.45, 2.75) is 18.4 Å². The molecule has 0 bridgehead atoms. The highest BCUT2D eigenvalue weighted by molar-refractivity contribution is 7.89. The van der Waals surface area contributed by atoms with Crippen LogP contribution in [0.3, 0.4) is 0 Å². The molecule has 0 spiro atoms. The first-order chi connectivity index (χ1) is 11.2. The molecule has 0 saturated heterocycles. The van der Waals surface area contributed by atoms with Crippen molar-refractivity contribution < 1.29 is 22.3 Å². The van der Waals surface area contributed by atoms with Crippen molar-refractivity contribution in [3.63, 3.8) is 0 Å². The fraction of sp³-hybridized carbons (Fsp3) is 0.188. The van der Waals surface area contributed by atoms with Crippen LogP contribution in [-0.4, -0.2) is 21.4 Å². The number of rotatable bonds is 5. The van der Waals surface area contributed by atoms with Gasteiger partial charge in [0.25, 0.3) is 5.91 Å². The molecule has 0 aliphatic heterocycles. The monoisotopic (exact) mass is 352 g/mol. The van der Waals surface area contributed by atoms with Crippen LogP contribution in [0.5, 0.6) is 5.75 Å². The number of methoxy groups -OCH3 is 1. The van der Waals surface area contributed by atoms with E-state index in [1.54, 1.807) is 19.1 Å². The summed E-state index contributed by atoms with van der Waals surface area (Å²) in [7, 11) is -2.59. The van der Waals surface area contributed by atoms with Gasteiger partial charge in [-0.3, -0.25) is 4.79 Å². The molecular weight excluding hydrogens is 335 g/mol. The summed E-state index contributed by atoms with van der Waals surface area (Å²) in [6.45, 7) is 1.72. The minimum absolute atomic E-state index is 0.0246. The molecule has 2 rings (SSSR count). The van der Waals surface area contributed by atoms with Crippen LogP contribution in [0.2, 0.25) is 0 Å². The molecule has 1 amide bonds. The molecule has 0 heterocycles. The number of hydrogen-bond acceptors (Lipinski definition) is 4. The number of nitrogens with two attached hydrogens (primary N) is 1. The fourth-order valence-electron chi connectivity index (χ4n) is 2.07. The first-order valence-electron chi connectivity index (χ1n) is 6.96. The summed E-state index contributed by atoms with van der Waals surface area (Å²) < 4.78 is 41.4. The molecule has 0 radical (unpaired) electrons. The Morgan fingerprint density at radius 2 is 1.96 bits per heavy atom. The van der Waals surface area contributed by atoms with E-state index in [0.29, 0.717) is 11.1 Å². The number of amides is 1. The molecule has 0 saturated carbocycles. The van der Waals surface area contributed by atoms with Gasteiger partial charge in [-0.15, -0.1) is 0 Å². The van der Waals surface area contributed by atoms with E-state index in [1.165, 1.54) is 25.3 Å². The lowest BCUT2D eigenvalue weighted by molar-refractivity contribution is 0.0947. The standard InChI is InChI=1S/C16H17FN2O4S/c1-10-3-4-11(7-14(10)17)9-19-16(20)13-8-12(24(18,21)22)5-6-15(13)23-2/h3-8H,9H2,1-2H3,(H,19,20)(H2,18,21,22). The number of nitrogens with one attached hydrogen (secondary N) is 1. The van der Waals surface area contributed by atoms with Gasteiger partial charge in [0.05, 0.1) is 17.6 Å². The van der Waals surface area contributed by atoms with Gasteiger partial charge in [0.1, 0.15) is 11.6 Å². The highest BCUT2D eigenvalue weighted by Gasteiger charge is 2.17. The second-order valence-electron chi connectivity index (χ2n) is 5.17. The number of aryl methyl sites for hydroxylation is 1. The average Bonchev–Trinajstić information content (AvgIpc) is 2.54. The van der Waals surface area contributed by atoms with Gasteiger partial charge in [-0.25, -0.2) is 17.9 Å². The van der Waals surface area contributed by atoms with Crippen molar-refractivity contribution in [3.8, 4) is 5.75 Å². The van der Waals surface area contributed by atoms with Gasteiger partial charge in [0.2, 0.25) is 10.0 Å². The predicted molar refractivity (Wildman–Crippen MR) is 86.7 cm³/mol. The zero-order valence-corrected chi connectivity index (χ0v) is 14.0. The zero-order chi connectivity index (χ0) is 17.9. The number of ether oxygens (including phenoxy) is 1. The lowest BCUT2D eigenvalue weighted by Gasteiger charge is -2.11. The summed E-state index contributed by atoms with van der Waals surface area (Å²) in [4.78, 5) is 12.1. The molecule has 0 unspecified atom stereocenters. The molecule has 2 aromatic rings. The molecule has 3 N–H and O–H groups in total. The molecule has 24 heavy (non-hydrogen) atoms. The molecule has 6 nitrogen and oxygen atoms in total. The Labute approximate surface area is 139 Å². The third-order valence-corrected chi connectivity index (χ3v) is 4.34. The summed E-state index contributed by atoms with van der Waals surface area (Å²) in [6, 6.07) is 8.36. The highest BCUT2D eigenvalue weighted by atomic mass is 32.2. The molecule has 2 aromatic carbocycles. The smallest absolute Gasteiger partial charge is 0.255 e. The van der Waals surface area contributed by atoms with Gasteiger partial charge in [0.15, 0.2) is 0 Å². The largest absolute Gasteiger partial charge is 0.496 e. The number of benzene rings is 2. The normalized spacial score (nSPS) is 11.2. The van der Waals surface area contributed by atoms with E-state index < -0.39 is 15.9 Å². The predicted octanol–water partition coefficient (Wildman–Crippen LogP) is 1.72. The van der Waals surface area contributed by atoms with Gasteiger partial charge in [-0.05, 0) is 42.3 Å². The van der Waals surface area contributed by atoms with Crippen molar-refractivity contribution in [3.05, 3.63) is 58.9 Å². The third-order valence-electron chi connectivity index (χ3n) is 3.43. The van der Waals surface area contributed by atoms with E-state index in [0.717, 1.165) is 6.07 Å². The van der Waals surface area contributed by atoms with Crippen LogP contribution in [0, 0.1) is 12.7 Å². The van der Waals surface area contributed by atoms with Gasteiger partial charge in [-0.1, -0.05) is 12.1 Å². The minimum atomic E-state index is -3.95. The third kappa shape index (κ3) is 4.09. The maximum Gasteiger partial charge on any atom is 0.255 e. The van der Waals surface area contributed by atoms with Crippen molar-refractivity contribution in [1.29, 1.82) is 0 Å². The van der Waals surface area contributed by atoms with E-state index in [9.17, 15) is 17.6 Å². The van der Waals surface area contributed by atoms with E-state index in [4.69, 9.17) is 9.88 Å². The molecule has 8 heteroatoms. The van der Waals surface area contributed by atoms with Crippen molar-refractivity contribution in [2.75, 3.05) is 7.11 Å². The Kier molecular flexibility index (Phi) is 5.20. The van der Waals surface area contributed by atoms with Crippen LogP contribution in [0.25, 0.3) is 0 Å². The van der Waals surface area contributed by atoms with Crippen molar-refractivity contribution in [2.24, 2.45) is 5.14 Å². The summed E-state index contributed by atoms with van der Waals surface area (Å²) in [6.07, 6.45) is 0. The molecule has 0 aromatic heterocycles. The average molecular weight is 352 g/mol. The molecule has 0 aliphatic rings. The molecule has 0 fully saturated rings. The Balaban J connectivity index is 2.23. The number of hydrogen-bond donors (Lipinski definition) is 2. The SMILES string of the molecule is COc1ccc(S(N)(=O)=O)cc1C(=O)NCc1ccc(C)c(F)c1. The molecule has 128 valence electrons. The van der Waals surface area contributed by atoms with Gasteiger partial charge in [0, 0.05) is 6.54 Å². The second kappa shape index (κ2) is 6.98. The van der Waals surface area contributed by atoms with Gasteiger partial charge < -0.3 is 10.1 Å². The Morgan fingerprint density at radius 3 is 2.54 bits per heavy atom. The van der Waals surface area contributed by atoms with E-state index in [1.807, 2.05) is 0 Å². The van der Waals surface area contributed by atoms with Crippen LogP contribution >= 0.6 is 0 Å². The molecular formula is C16H17FN2O4S. The quantitative estimate of drug-likeness (QED) is 0.856. The van der Waals surface area contributed by atoms with E-state index in [2.05, 4.69) is 5.32 Å². The lowest BCUT2D eigenvalue weighted by Crippen LogP contribution is -2.24. The van der Waals surface area contributed by atoms with Crippen molar-refractivity contribution in [1.82, 2.24) is 5.32 Å². The lowest BCUT2D eigenvalue weighted by atomic mass is 10.1. The number of sulfonamides is 1. The van der Waals surface area contributed by atoms with Crippen LogP contribution in [0.15, 0.2) is 41.3 Å². The number of carbonyl (C=O) groups is 1. The van der Waals surface area contributed by atoms with Gasteiger partial charge in [-0.2, -0.15) is 0 Å². The number of carbonyl (C=O) groups excluding carboxylic acids is 1. The Morgan fingerprint density at radius 1 is 1.25 bits per heavy atom. The number of primary sulfonamides is 1. The maximum absolute atomic E-state index is 13.5. The minimum Gasteiger partial charge on any atom is -0.496 e. The fourth-order valence-corrected chi connectivity index (χ4v) is 2.61. The van der Waals surface area contributed by atoms with Crippen LogP contribution in [-0.2, 0) is 16.6 Å².